The van der Waals surface area contributed by atoms with Crippen LogP contribution >= 0.6 is 0 Å². The summed E-state index contributed by atoms with van der Waals surface area (Å²) < 4.78 is 0. The lowest BCUT2D eigenvalue weighted by atomic mass is 10.1. The fourth-order valence-corrected chi connectivity index (χ4v) is 2.71. The smallest absolute Gasteiger partial charge is 0.319 e. The molecule has 2 rings (SSSR count). The van der Waals surface area contributed by atoms with Crippen molar-refractivity contribution >= 4 is 11.7 Å². The molecule has 0 radical (unpaired) electrons. The highest BCUT2D eigenvalue weighted by atomic mass is 16.2. The molecule has 4 heteroatoms. The second kappa shape index (κ2) is 6.75. The molecule has 1 aromatic carbocycles. The van der Waals surface area contributed by atoms with Crippen LogP contribution in [0.25, 0.3) is 0 Å². The minimum atomic E-state index is -0.0986. The van der Waals surface area contributed by atoms with Crippen LogP contribution < -0.4 is 16.0 Å². The van der Waals surface area contributed by atoms with Gasteiger partial charge in [0.1, 0.15) is 0 Å². The number of amides is 2. The van der Waals surface area contributed by atoms with Crippen LogP contribution in [-0.2, 0) is 0 Å². The number of carbonyl (C=O) groups is 1. The summed E-state index contributed by atoms with van der Waals surface area (Å²) >= 11 is 0. The van der Waals surface area contributed by atoms with Gasteiger partial charge in [-0.3, -0.25) is 0 Å². The first kappa shape index (κ1) is 14.9. The van der Waals surface area contributed by atoms with Crippen molar-refractivity contribution in [2.24, 2.45) is 5.92 Å². The van der Waals surface area contributed by atoms with Crippen LogP contribution in [0.1, 0.15) is 44.7 Å². The van der Waals surface area contributed by atoms with Gasteiger partial charge in [-0.25, -0.2) is 4.79 Å². The molecule has 3 N–H and O–H groups in total. The lowest BCUT2D eigenvalue weighted by Crippen LogP contribution is -2.36. The maximum Gasteiger partial charge on any atom is 0.319 e. The molecule has 0 spiro atoms. The van der Waals surface area contributed by atoms with Gasteiger partial charge in [-0.1, -0.05) is 19.1 Å². The topological polar surface area (TPSA) is 53.2 Å². The van der Waals surface area contributed by atoms with Crippen molar-refractivity contribution in [1.29, 1.82) is 0 Å². The summed E-state index contributed by atoms with van der Waals surface area (Å²) in [5, 5.41) is 9.14. The van der Waals surface area contributed by atoms with Crippen LogP contribution in [0.4, 0.5) is 10.5 Å². The number of urea groups is 1. The maximum atomic E-state index is 11.9. The minimum absolute atomic E-state index is 0.0986. The molecule has 20 heavy (non-hydrogen) atoms. The summed E-state index contributed by atoms with van der Waals surface area (Å²) in [5.74, 6) is 0.725. The molecule has 0 saturated heterocycles. The highest BCUT2D eigenvalue weighted by Gasteiger charge is 2.22. The van der Waals surface area contributed by atoms with E-state index in [0.717, 1.165) is 24.4 Å². The van der Waals surface area contributed by atoms with Crippen LogP contribution in [-0.4, -0.2) is 19.1 Å². The Labute approximate surface area is 121 Å². The van der Waals surface area contributed by atoms with E-state index in [1.165, 1.54) is 12.0 Å². The predicted octanol–water partition coefficient (Wildman–Crippen LogP) is 3.28. The Bertz CT molecular complexity index is 444. The fraction of sp³-hybridized carbons (Fsp3) is 0.562. The molecule has 4 nitrogen and oxygen atoms in total. The first-order chi connectivity index (χ1) is 9.58. The molecule has 1 saturated carbocycles. The summed E-state index contributed by atoms with van der Waals surface area (Å²) in [6, 6.07) is 8.51. The molecule has 110 valence electrons. The molecule has 1 aromatic rings. The van der Waals surface area contributed by atoms with E-state index in [-0.39, 0.29) is 6.03 Å². The average molecular weight is 275 g/mol. The molecular weight excluding hydrogens is 250 g/mol. The number of hydrogen-bond donors (Lipinski definition) is 3. The zero-order valence-corrected chi connectivity index (χ0v) is 12.6. The summed E-state index contributed by atoms with van der Waals surface area (Å²) in [5.41, 5.74) is 2.05. The van der Waals surface area contributed by atoms with E-state index < -0.39 is 0 Å². The van der Waals surface area contributed by atoms with Gasteiger partial charge in [-0.2, -0.15) is 0 Å². The molecule has 0 heterocycles. The van der Waals surface area contributed by atoms with Gasteiger partial charge in [-0.15, -0.1) is 0 Å². The number of carbonyl (C=O) groups excluding carboxylic acids is 1. The quantitative estimate of drug-likeness (QED) is 0.790. The van der Waals surface area contributed by atoms with Crippen molar-refractivity contribution in [3.05, 3.63) is 29.8 Å². The van der Waals surface area contributed by atoms with Crippen molar-refractivity contribution in [3.63, 3.8) is 0 Å². The van der Waals surface area contributed by atoms with Gasteiger partial charge in [0.25, 0.3) is 0 Å². The Hall–Kier alpha value is -1.55. The standard InChI is InChI=1S/C16H25N3O/c1-11-4-7-15(10-11)19-16(20)18-14-8-5-13(6-9-14)12(2)17-3/h5-6,8-9,11-12,15,17H,4,7,10H2,1-3H3,(H2,18,19,20). The first-order valence-corrected chi connectivity index (χ1v) is 7.43. The Morgan fingerprint density at radius 2 is 1.95 bits per heavy atom. The Kier molecular flexibility index (Phi) is 5.01. The molecule has 1 fully saturated rings. The number of rotatable bonds is 4. The molecule has 0 bridgehead atoms. The molecule has 3 atom stereocenters. The van der Waals surface area contributed by atoms with Gasteiger partial charge >= 0.3 is 6.03 Å². The number of benzene rings is 1. The van der Waals surface area contributed by atoms with Crippen LogP contribution in [0.2, 0.25) is 0 Å². The summed E-state index contributed by atoms with van der Waals surface area (Å²) in [6.45, 7) is 4.34. The second-order valence-electron chi connectivity index (χ2n) is 5.85. The fourth-order valence-electron chi connectivity index (χ4n) is 2.71. The Morgan fingerprint density at radius 1 is 1.25 bits per heavy atom. The van der Waals surface area contributed by atoms with Crippen molar-refractivity contribution in [3.8, 4) is 0 Å². The van der Waals surface area contributed by atoms with Crippen LogP contribution in [0.3, 0.4) is 0 Å². The average Bonchev–Trinajstić information content (AvgIpc) is 2.84. The predicted molar refractivity (Wildman–Crippen MR) is 82.9 cm³/mol. The zero-order valence-electron chi connectivity index (χ0n) is 12.6. The molecule has 1 aliphatic rings. The number of nitrogens with one attached hydrogen (secondary N) is 3. The largest absolute Gasteiger partial charge is 0.335 e. The Balaban J connectivity index is 1.85. The molecule has 0 aliphatic heterocycles. The highest BCUT2D eigenvalue weighted by molar-refractivity contribution is 5.89. The lowest BCUT2D eigenvalue weighted by Gasteiger charge is -2.14. The van der Waals surface area contributed by atoms with E-state index in [9.17, 15) is 4.79 Å². The lowest BCUT2D eigenvalue weighted by molar-refractivity contribution is 0.248. The van der Waals surface area contributed by atoms with Gasteiger partial charge in [0.15, 0.2) is 0 Å². The summed E-state index contributed by atoms with van der Waals surface area (Å²) in [4.78, 5) is 11.9. The zero-order chi connectivity index (χ0) is 14.5. The van der Waals surface area contributed by atoms with Gasteiger partial charge in [-0.05, 0) is 56.8 Å². The number of anilines is 1. The third-order valence-corrected chi connectivity index (χ3v) is 4.13. The van der Waals surface area contributed by atoms with E-state index in [1.54, 1.807) is 0 Å². The molecule has 0 aromatic heterocycles. The maximum absolute atomic E-state index is 11.9. The summed E-state index contributed by atoms with van der Waals surface area (Å²) in [6.07, 6.45) is 3.39. The van der Waals surface area contributed by atoms with Gasteiger partial charge < -0.3 is 16.0 Å². The third kappa shape index (κ3) is 3.97. The normalized spacial score (nSPS) is 23.4. The van der Waals surface area contributed by atoms with E-state index in [2.05, 4.69) is 29.8 Å². The minimum Gasteiger partial charge on any atom is -0.335 e. The van der Waals surface area contributed by atoms with Crippen molar-refractivity contribution in [1.82, 2.24) is 10.6 Å². The van der Waals surface area contributed by atoms with Crippen LogP contribution in [0, 0.1) is 5.92 Å². The monoisotopic (exact) mass is 275 g/mol. The highest BCUT2D eigenvalue weighted by Crippen LogP contribution is 2.24. The van der Waals surface area contributed by atoms with Gasteiger partial charge in [0.2, 0.25) is 0 Å². The molecule has 2 amide bonds. The SMILES string of the molecule is CNC(C)c1ccc(NC(=O)NC2CCC(C)C2)cc1. The van der Waals surface area contributed by atoms with Crippen molar-refractivity contribution in [2.75, 3.05) is 12.4 Å². The first-order valence-electron chi connectivity index (χ1n) is 7.43. The van der Waals surface area contributed by atoms with Crippen LogP contribution in [0.15, 0.2) is 24.3 Å². The number of hydrogen-bond acceptors (Lipinski definition) is 2. The second-order valence-corrected chi connectivity index (χ2v) is 5.85. The molecule has 3 unspecified atom stereocenters. The summed E-state index contributed by atoms with van der Waals surface area (Å²) in [7, 11) is 1.94. The van der Waals surface area contributed by atoms with E-state index in [0.29, 0.717) is 12.1 Å². The molecule has 1 aliphatic carbocycles. The van der Waals surface area contributed by atoms with Gasteiger partial charge in [0, 0.05) is 17.8 Å². The van der Waals surface area contributed by atoms with E-state index >= 15 is 0 Å². The molecular formula is C16H25N3O. The van der Waals surface area contributed by atoms with Gasteiger partial charge in [0.05, 0.1) is 0 Å². The van der Waals surface area contributed by atoms with Crippen molar-refractivity contribution in [2.45, 2.75) is 45.2 Å². The van der Waals surface area contributed by atoms with E-state index in [4.69, 9.17) is 0 Å². The van der Waals surface area contributed by atoms with Crippen LogP contribution in [0.5, 0.6) is 0 Å². The Morgan fingerprint density at radius 3 is 2.50 bits per heavy atom. The van der Waals surface area contributed by atoms with E-state index in [1.807, 2.05) is 31.3 Å². The van der Waals surface area contributed by atoms with Crippen molar-refractivity contribution < 1.29 is 4.79 Å². The third-order valence-electron chi connectivity index (χ3n) is 4.13.